The van der Waals surface area contributed by atoms with Gasteiger partial charge in [0, 0.05) is 42.1 Å². The van der Waals surface area contributed by atoms with Crippen molar-refractivity contribution in [3.8, 4) is 51.0 Å². The molecule has 0 bridgehead atoms. The van der Waals surface area contributed by atoms with Crippen molar-refractivity contribution in [3.63, 3.8) is 0 Å². The van der Waals surface area contributed by atoms with Crippen LogP contribution in [0.3, 0.4) is 0 Å². The summed E-state index contributed by atoms with van der Waals surface area (Å²) in [6, 6.07) is 43.2. The standard InChI is InChI=1S/C51H52N6/c1-35(2)41-24-16-25-42(36(3)4)47(41)57-29-28-52-49(57)48-53-33-45(54-48)51(7,8)50(5,6)39-22-15-23-40(32-39)55-30-31-56(34-55)46-43(37-18-11-9-12-19-37)26-17-27-44(46)38-20-13-10-14-21-38/h9-33,35-36H,1-8H3,(H,53,54). The van der Waals surface area contributed by atoms with Crippen molar-refractivity contribution in [1.82, 2.24) is 24.1 Å². The Bertz CT molecular complexity index is 2550. The lowest BCUT2D eigenvalue weighted by Gasteiger charge is -2.41. The summed E-state index contributed by atoms with van der Waals surface area (Å²) in [7, 11) is 0. The lowest BCUT2D eigenvalue weighted by molar-refractivity contribution is -0.599. The molecule has 6 heteroatoms. The SMILES string of the molecule is CC(C)c1cccc(C(C)C)c1-n1ccnc1-c1ncc(C(C)(C)C(C)(C)c2cccc(-[n+]3[c-]n(-c4c(-c5ccccc5)cccc4-c4ccccc4)cc3)c2)[nH]1. The van der Waals surface area contributed by atoms with Crippen molar-refractivity contribution in [1.29, 1.82) is 0 Å². The number of aromatic amines is 1. The molecule has 6 nitrogen and oxygen atoms in total. The van der Waals surface area contributed by atoms with Crippen LogP contribution in [0.25, 0.3) is 51.0 Å². The van der Waals surface area contributed by atoms with Crippen LogP contribution in [0.15, 0.2) is 152 Å². The predicted octanol–water partition coefficient (Wildman–Crippen LogP) is 12.0. The molecule has 0 spiro atoms. The molecule has 8 aromatic rings. The number of aromatic nitrogens is 6. The molecule has 5 aromatic carbocycles. The topological polar surface area (TPSA) is 55.3 Å². The van der Waals surface area contributed by atoms with Crippen LogP contribution in [0.5, 0.6) is 0 Å². The molecule has 3 aromatic heterocycles. The molecular formula is C51H52N6. The third-order valence-corrected chi connectivity index (χ3v) is 12.1. The minimum absolute atomic E-state index is 0.291. The van der Waals surface area contributed by atoms with Crippen LogP contribution in [-0.2, 0) is 10.8 Å². The Balaban J connectivity index is 1.13. The maximum atomic E-state index is 4.97. The first-order chi connectivity index (χ1) is 27.5. The predicted molar refractivity (Wildman–Crippen MR) is 232 cm³/mol. The van der Waals surface area contributed by atoms with E-state index in [0.29, 0.717) is 11.8 Å². The van der Waals surface area contributed by atoms with Gasteiger partial charge in [-0.25, -0.2) is 9.97 Å². The molecule has 286 valence electrons. The number of nitrogens with one attached hydrogen (secondary N) is 1. The van der Waals surface area contributed by atoms with Crippen molar-refractivity contribution in [3.05, 3.63) is 181 Å². The van der Waals surface area contributed by atoms with Gasteiger partial charge >= 0.3 is 0 Å². The fourth-order valence-electron chi connectivity index (χ4n) is 8.03. The van der Waals surface area contributed by atoms with Crippen LogP contribution < -0.4 is 4.57 Å². The molecule has 0 aliphatic heterocycles. The Labute approximate surface area is 337 Å². The molecule has 0 unspecified atom stereocenters. The highest BCUT2D eigenvalue weighted by molar-refractivity contribution is 5.85. The summed E-state index contributed by atoms with van der Waals surface area (Å²) in [5.41, 5.74) is 12.2. The first-order valence-electron chi connectivity index (χ1n) is 20.1. The number of hydrogen-bond acceptors (Lipinski definition) is 2. The number of nitrogens with zero attached hydrogens (tertiary/aromatic N) is 5. The second-order valence-corrected chi connectivity index (χ2v) is 16.7. The highest BCUT2D eigenvalue weighted by atomic mass is 15.1. The van der Waals surface area contributed by atoms with E-state index in [1.807, 2.05) is 12.4 Å². The van der Waals surface area contributed by atoms with Gasteiger partial charge in [-0.15, -0.1) is 0 Å². The second kappa shape index (κ2) is 15.0. The quantitative estimate of drug-likeness (QED) is 0.106. The van der Waals surface area contributed by atoms with Gasteiger partial charge in [0.1, 0.15) is 0 Å². The summed E-state index contributed by atoms with van der Waals surface area (Å²) in [4.78, 5) is 13.6. The van der Waals surface area contributed by atoms with E-state index in [2.05, 4.69) is 220 Å². The third-order valence-electron chi connectivity index (χ3n) is 12.1. The first kappa shape index (κ1) is 37.6. The zero-order valence-corrected chi connectivity index (χ0v) is 34.3. The van der Waals surface area contributed by atoms with Crippen molar-refractivity contribution < 1.29 is 4.57 Å². The number of imidazole rings is 3. The Hall–Kier alpha value is -6.27. The van der Waals surface area contributed by atoms with Crippen LogP contribution in [0.2, 0.25) is 0 Å². The molecule has 0 amide bonds. The van der Waals surface area contributed by atoms with E-state index in [4.69, 9.17) is 9.97 Å². The molecule has 0 atom stereocenters. The van der Waals surface area contributed by atoms with E-state index >= 15 is 0 Å². The summed E-state index contributed by atoms with van der Waals surface area (Å²) in [6.07, 6.45) is 13.8. The minimum atomic E-state index is -0.327. The second-order valence-electron chi connectivity index (χ2n) is 16.7. The summed E-state index contributed by atoms with van der Waals surface area (Å²) in [6.45, 7) is 18.3. The van der Waals surface area contributed by atoms with Crippen molar-refractivity contribution >= 4 is 0 Å². The lowest BCUT2D eigenvalue weighted by Crippen LogP contribution is -2.41. The smallest absolute Gasteiger partial charge is 0.268 e. The zero-order chi connectivity index (χ0) is 39.9. The zero-order valence-electron chi connectivity index (χ0n) is 34.3. The number of H-pyrrole nitrogens is 1. The lowest BCUT2D eigenvalue weighted by atomic mass is 9.62. The number of rotatable bonds is 11. The average molecular weight is 749 g/mol. The van der Waals surface area contributed by atoms with E-state index < -0.39 is 0 Å². The van der Waals surface area contributed by atoms with Gasteiger partial charge in [0.05, 0.1) is 17.1 Å². The molecule has 1 N–H and O–H groups in total. The van der Waals surface area contributed by atoms with E-state index in [1.165, 1.54) is 22.4 Å². The van der Waals surface area contributed by atoms with Crippen LogP contribution in [-0.4, -0.2) is 24.1 Å². The molecular weight excluding hydrogens is 697 g/mol. The minimum Gasteiger partial charge on any atom is -0.339 e. The third kappa shape index (κ3) is 6.84. The van der Waals surface area contributed by atoms with Gasteiger partial charge in [0.2, 0.25) is 0 Å². The normalized spacial score (nSPS) is 12.2. The Morgan fingerprint density at radius 2 is 1.23 bits per heavy atom. The fraction of sp³-hybridized carbons (Fsp3) is 0.235. The van der Waals surface area contributed by atoms with Crippen molar-refractivity contribution in [2.24, 2.45) is 0 Å². The number of para-hydroxylation sites is 2. The van der Waals surface area contributed by atoms with Gasteiger partial charge in [0.15, 0.2) is 11.6 Å². The largest absolute Gasteiger partial charge is 0.339 e. The maximum absolute atomic E-state index is 4.97. The Morgan fingerprint density at radius 3 is 1.84 bits per heavy atom. The molecule has 3 heterocycles. The molecule has 0 aliphatic rings. The van der Waals surface area contributed by atoms with Gasteiger partial charge in [-0.05, 0) is 68.3 Å². The molecule has 57 heavy (non-hydrogen) atoms. The van der Waals surface area contributed by atoms with Gasteiger partial charge < -0.3 is 4.98 Å². The van der Waals surface area contributed by atoms with E-state index in [0.717, 1.165) is 51.0 Å². The fourth-order valence-corrected chi connectivity index (χ4v) is 8.03. The van der Waals surface area contributed by atoms with Gasteiger partial charge in [-0.2, -0.15) is 0 Å². The summed E-state index contributed by atoms with van der Waals surface area (Å²) < 4.78 is 6.44. The number of benzene rings is 5. The summed E-state index contributed by atoms with van der Waals surface area (Å²) in [5.74, 6) is 2.30. The highest BCUT2D eigenvalue weighted by Gasteiger charge is 2.41. The van der Waals surface area contributed by atoms with E-state index in [9.17, 15) is 0 Å². The molecule has 0 radical (unpaired) electrons. The molecule has 0 fully saturated rings. The van der Waals surface area contributed by atoms with Crippen LogP contribution >= 0.6 is 0 Å². The molecule has 8 rings (SSSR count). The van der Waals surface area contributed by atoms with Gasteiger partial charge in [0.25, 0.3) is 6.33 Å². The van der Waals surface area contributed by atoms with Crippen LogP contribution in [0.4, 0.5) is 0 Å². The molecule has 0 saturated heterocycles. The highest BCUT2D eigenvalue weighted by Crippen LogP contribution is 2.44. The first-order valence-corrected chi connectivity index (χ1v) is 20.1. The van der Waals surface area contributed by atoms with Gasteiger partial charge in [-0.3, -0.25) is 13.7 Å². The van der Waals surface area contributed by atoms with Crippen LogP contribution in [0.1, 0.15) is 89.6 Å². The van der Waals surface area contributed by atoms with Crippen molar-refractivity contribution in [2.45, 2.75) is 78.1 Å². The van der Waals surface area contributed by atoms with E-state index in [-0.39, 0.29) is 10.8 Å². The molecule has 0 aliphatic carbocycles. The van der Waals surface area contributed by atoms with Crippen LogP contribution in [0, 0.1) is 6.33 Å². The average Bonchev–Trinajstić information content (AvgIpc) is 4.03. The maximum Gasteiger partial charge on any atom is 0.268 e. The van der Waals surface area contributed by atoms with Crippen molar-refractivity contribution in [2.75, 3.05) is 0 Å². The summed E-state index contributed by atoms with van der Waals surface area (Å²) >= 11 is 0. The monoisotopic (exact) mass is 748 g/mol. The molecule has 0 saturated carbocycles. The van der Waals surface area contributed by atoms with Gasteiger partial charge in [-0.1, -0.05) is 165 Å². The Kier molecular flexibility index (Phi) is 9.91. The van der Waals surface area contributed by atoms with E-state index in [1.54, 1.807) is 0 Å². The summed E-state index contributed by atoms with van der Waals surface area (Å²) in [5, 5.41) is 0. The number of hydrogen-bond donors (Lipinski definition) is 1. The Morgan fingerprint density at radius 1 is 0.632 bits per heavy atom.